The van der Waals surface area contributed by atoms with Crippen molar-refractivity contribution in [3.63, 3.8) is 0 Å². The molecule has 2 heterocycles. The summed E-state index contributed by atoms with van der Waals surface area (Å²) >= 11 is 0. The Bertz CT molecular complexity index is 596. The average Bonchev–Trinajstić information content (AvgIpc) is 3.15. The number of nitrogens with zero attached hydrogens (tertiary/aromatic N) is 2. The molecule has 2 unspecified atom stereocenters. The Morgan fingerprint density at radius 2 is 1.88 bits per heavy atom. The normalized spacial score (nSPS) is 24.0. The Morgan fingerprint density at radius 1 is 1.17 bits per heavy atom. The van der Waals surface area contributed by atoms with Gasteiger partial charge in [-0.05, 0) is 44.2 Å². The van der Waals surface area contributed by atoms with E-state index in [4.69, 9.17) is 0 Å². The number of carbonyl (C=O) groups is 2. The summed E-state index contributed by atoms with van der Waals surface area (Å²) in [6.07, 6.45) is 7.67. The number of amides is 2. The molecule has 1 aromatic heterocycles. The van der Waals surface area contributed by atoms with Crippen molar-refractivity contribution in [3.05, 3.63) is 29.6 Å². The van der Waals surface area contributed by atoms with Crippen LogP contribution in [0.5, 0.6) is 0 Å². The first-order valence-corrected chi connectivity index (χ1v) is 9.14. The molecule has 0 radical (unpaired) electrons. The van der Waals surface area contributed by atoms with E-state index in [9.17, 15) is 9.59 Å². The van der Waals surface area contributed by atoms with Crippen molar-refractivity contribution in [2.45, 2.75) is 52.0 Å². The molecule has 2 amide bonds. The van der Waals surface area contributed by atoms with E-state index in [1.165, 1.54) is 0 Å². The zero-order valence-electron chi connectivity index (χ0n) is 14.5. The molecule has 1 aromatic rings. The van der Waals surface area contributed by atoms with Gasteiger partial charge in [0.25, 0.3) is 0 Å². The van der Waals surface area contributed by atoms with Crippen molar-refractivity contribution < 1.29 is 9.59 Å². The Kier molecular flexibility index (Phi) is 5.48. The van der Waals surface area contributed by atoms with Gasteiger partial charge in [0.05, 0.1) is 12.2 Å². The third kappa shape index (κ3) is 3.77. The van der Waals surface area contributed by atoms with Crippen molar-refractivity contribution in [1.82, 2.24) is 15.2 Å². The van der Waals surface area contributed by atoms with Gasteiger partial charge in [0.2, 0.25) is 11.8 Å². The fourth-order valence-electron chi connectivity index (χ4n) is 3.92. The van der Waals surface area contributed by atoms with Gasteiger partial charge in [-0.3, -0.25) is 14.6 Å². The minimum Gasteiger partial charge on any atom is -0.350 e. The third-order valence-electron chi connectivity index (χ3n) is 5.39. The maximum absolute atomic E-state index is 12.8. The van der Waals surface area contributed by atoms with Gasteiger partial charge in [0.15, 0.2) is 0 Å². The summed E-state index contributed by atoms with van der Waals surface area (Å²) in [4.78, 5) is 31.8. The van der Waals surface area contributed by atoms with E-state index in [0.29, 0.717) is 6.54 Å². The van der Waals surface area contributed by atoms with Gasteiger partial charge in [-0.15, -0.1) is 0 Å². The van der Waals surface area contributed by atoms with Crippen LogP contribution in [-0.4, -0.2) is 34.8 Å². The summed E-state index contributed by atoms with van der Waals surface area (Å²) in [6, 6.07) is 3.89. The molecule has 1 saturated heterocycles. The van der Waals surface area contributed by atoms with Gasteiger partial charge < -0.3 is 10.2 Å². The highest BCUT2D eigenvalue weighted by molar-refractivity contribution is 5.88. The quantitative estimate of drug-likeness (QED) is 0.923. The van der Waals surface area contributed by atoms with Crippen molar-refractivity contribution in [1.29, 1.82) is 0 Å². The standard InChI is InChI=1S/C19H27N3O2/c1-14-7-6-10-20-17(14)13-21-18(23)15-8-2-3-9-16(15)19(24)22-11-4-5-12-22/h6-7,10,15-16H,2-5,8-9,11-13H2,1H3,(H,21,23). The van der Waals surface area contributed by atoms with Crippen molar-refractivity contribution in [2.24, 2.45) is 11.8 Å². The van der Waals surface area contributed by atoms with Gasteiger partial charge in [-0.1, -0.05) is 18.9 Å². The van der Waals surface area contributed by atoms with E-state index >= 15 is 0 Å². The second-order valence-electron chi connectivity index (χ2n) is 7.01. The van der Waals surface area contributed by atoms with Gasteiger partial charge in [-0.2, -0.15) is 0 Å². The zero-order valence-corrected chi connectivity index (χ0v) is 14.5. The number of rotatable bonds is 4. The molecule has 0 aromatic carbocycles. The van der Waals surface area contributed by atoms with Crippen LogP contribution in [0.2, 0.25) is 0 Å². The molecule has 5 heteroatoms. The van der Waals surface area contributed by atoms with Crippen molar-refractivity contribution >= 4 is 11.8 Å². The molecular formula is C19H27N3O2. The topological polar surface area (TPSA) is 62.3 Å². The van der Waals surface area contributed by atoms with E-state index in [2.05, 4.69) is 10.3 Å². The van der Waals surface area contributed by atoms with Crippen molar-refractivity contribution in [3.8, 4) is 0 Å². The summed E-state index contributed by atoms with van der Waals surface area (Å²) in [6.45, 7) is 4.15. The molecule has 1 saturated carbocycles. The molecule has 24 heavy (non-hydrogen) atoms. The average molecular weight is 329 g/mol. The van der Waals surface area contributed by atoms with Crippen LogP contribution in [-0.2, 0) is 16.1 Å². The molecule has 1 aliphatic carbocycles. The van der Waals surface area contributed by atoms with Crippen LogP contribution < -0.4 is 5.32 Å². The fourth-order valence-corrected chi connectivity index (χ4v) is 3.92. The highest BCUT2D eigenvalue weighted by Gasteiger charge is 2.38. The number of hydrogen-bond acceptors (Lipinski definition) is 3. The predicted molar refractivity (Wildman–Crippen MR) is 92.1 cm³/mol. The number of nitrogens with one attached hydrogen (secondary N) is 1. The highest BCUT2D eigenvalue weighted by Crippen LogP contribution is 2.32. The Hall–Kier alpha value is -1.91. The van der Waals surface area contributed by atoms with Crippen LogP contribution in [0, 0.1) is 18.8 Å². The van der Waals surface area contributed by atoms with Gasteiger partial charge in [-0.25, -0.2) is 0 Å². The molecule has 3 rings (SSSR count). The number of hydrogen-bond donors (Lipinski definition) is 1. The molecule has 0 spiro atoms. The largest absolute Gasteiger partial charge is 0.350 e. The van der Waals surface area contributed by atoms with E-state index in [0.717, 1.165) is 62.9 Å². The molecule has 1 N–H and O–H groups in total. The van der Waals surface area contributed by atoms with Crippen LogP contribution in [0.15, 0.2) is 18.3 Å². The highest BCUT2D eigenvalue weighted by atomic mass is 16.2. The number of aryl methyl sites for hydroxylation is 1. The second-order valence-corrected chi connectivity index (χ2v) is 7.01. The first-order chi connectivity index (χ1) is 11.7. The first kappa shape index (κ1) is 16.9. The lowest BCUT2D eigenvalue weighted by atomic mass is 9.78. The molecule has 2 atom stereocenters. The summed E-state index contributed by atoms with van der Waals surface area (Å²) in [5, 5.41) is 3.01. The molecule has 0 bridgehead atoms. The zero-order chi connectivity index (χ0) is 16.9. The van der Waals surface area contributed by atoms with Gasteiger partial charge in [0, 0.05) is 31.1 Å². The Balaban J connectivity index is 1.62. The molecule has 2 aliphatic rings. The molecule has 5 nitrogen and oxygen atoms in total. The first-order valence-electron chi connectivity index (χ1n) is 9.14. The minimum absolute atomic E-state index is 0.0114. The van der Waals surface area contributed by atoms with Crippen LogP contribution >= 0.6 is 0 Å². The monoisotopic (exact) mass is 329 g/mol. The lowest BCUT2D eigenvalue weighted by Gasteiger charge is -2.32. The maximum Gasteiger partial charge on any atom is 0.226 e. The summed E-state index contributed by atoms with van der Waals surface area (Å²) in [7, 11) is 0. The second kappa shape index (κ2) is 7.77. The number of pyridine rings is 1. The van der Waals surface area contributed by atoms with E-state index in [1.807, 2.05) is 24.0 Å². The fraction of sp³-hybridized carbons (Fsp3) is 0.632. The summed E-state index contributed by atoms with van der Waals surface area (Å²) < 4.78 is 0. The molecule has 2 fully saturated rings. The third-order valence-corrected chi connectivity index (χ3v) is 5.39. The Labute approximate surface area is 143 Å². The van der Waals surface area contributed by atoms with E-state index in [-0.39, 0.29) is 23.7 Å². The lowest BCUT2D eigenvalue weighted by Crippen LogP contribution is -2.44. The van der Waals surface area contributed by atoms with Crippen LogP contribution in [0.3, 0.4) is 0 Å². The van der Waals surface area contributed by atoms with E-state index < -0.39 is 0 Å². The van der Waals surface area contributed by atoms with Gasteiger partial charge in [0.1, 0.15) is 0 Å². The predicted octanol–water partition coefficient (Wildman–Crippen LogP) is 2.44. The number of carbonyl (C=O) groups excluding carboxylic acids is 2. The SMILES string of the molecule is Cc1cccnc1CNC(=O)C1CCCCC1C(=O)N1CCCC1. The maximum atomic E-state index is 12.8. The number of aromatic nitrogens is 1. The molecular weight excluding hydrogens is 302 g/mol. The van der Waals surface area contributed by atoms with E-state index in [1.54, 1.807) is 6.20 Å². The lowest BCUT2D eigenvalue weighted by molar-refractivity contribution is -0.142. The number of likely N-dealkylation sites (tertiary alicyclic amines) is 1. The smallest absolute Gasteiger partial charge is 0.226 e. The molecule has 1 aliphatic heterocycles. The van der Waals surface area contributed by atoms with Crippen LogP contribution in [0.25, 0.3) is 0 Å². The Morgan fingerprint density at radius 3 is 2.58 bits per heavy atom. The summed E-state index contributed by atoms with van der Waals surface area (Å²) in [5.41, 5.74) is 1.97. The van der Waals surface area contributed by atoms with Gasteiger partial charge >= 0.3 is 0 Å². The van der Waals surface area contributed by atoms with Crippen LogP contribution in [0.4, 0.5) is 0 Å². The minimum atomic E-state index is -0.184. The van der Waals surface area contributed by atoms with Crippen molar-refractivity contribution in [2.75, 3.05) is 13.1 Å². The summed E-state index contributed by atoms with van der Waals surface area (Å²) in [5.74, 6) is -0.115. The molecule has 130 valence electrons. The van der Waals surface area contributed by atoms with Crippen LogP contribution in [0.1, 0.15) is 49.8 Å².